The summed E-state index contributed by atoms with van der Waals surface area (Å²) in [5.74, 6) is -2.01. The second-order valence-electron chi connectivity index (χ2n) is 10.6. The van der Waals surface area contributed by atoms with Crippen molar-refractivity contribution < 1.29 is 67.3 Å². The first-order chi connectivity index (χ1) is 22.5. The number of aryl methyl sites for hydroxylation is 1. The Morgan fingerprint density at radius 2 is 1.79 bits per heavy atom. The standard InChI is InChI=1S/C21H28N10O14P2S/c1-29-5-31(15-9(29)17(37)28-21(23)26-15)19-12(34)10(32)6(43-19)2-42-46(38,39)45-47(40,41)48-3-7-11(33)13(35)18(44-7)30-4-24-8-14(30)25-20(22)27-16(8)36/h4-7,10-13,18-19,32-35H,2-3H2,1H3,(H7-,22,23,25,26,27,28,36,37,38,39,40,41)/p-2/t6-,7-,10?,11?,12+,13+,18-,19-/m1/s1. The SMILES string of the molecule is Cn1c[n+]([C@@H]2O[C@H](COP(=O)([O-])OP(=O)([O-])SC[C@H]3O[C@@H](n4cnc5c(=O)[nH]c(N)nc54)[C@@H](O)C3O)C(O)[C@@H]2O)c2nc(N)nc([O-])c21. The molecule has 9 N–H and O–H groups in total. The molecule has 262 valence electrons. The van der Waals surface area contributed by atoms with E-state index < -0.39 is 87.5 Å². The molecule has 2 fully saturated rings. The van der Waals surface area contributed by atoms with Gasteiger partial charge in [0.2, 0.25) is 12.2 Å². The minimum Gasteiger partial charge on any atom is -0.856 e. The molecule has 48 heavy (non-hydrogen) atoms. The fourth-order valence-electron chi connectivity index (χ4n) is 5.23. The highest BCUT2D eigenvalue weighted by Crippen LogP contribution is 2.63. The largest absolute Gasteiger partial charge is 0.856 e. The molecular weight excluding hydrogens is 710 g/mol. The van der Waals surface area contributed by atoms with Crippen molar-refractivity contribution in [2.45, 2.75) is 49.1 Å². The van der Waals surface area contributed by atoms with Gasteiger partial charge in [-0.15, -0.1) is 0 Å². The van der Waals surface area contributed by atoms with E-state index >= 15 is 0 Å². The number of hydrogen-bond donors (Lipinski definition) is 7. The Bertz CT molecular complexity index is 2030. The molecule has 2 aliphatic heterocycles. The number of phosphoric acid groups is 1. The Balaban J connectivity index is 1.07. The molecule has 0 radical (unpaired) electrons. The van der Waals surface area contributed by atoms with Crippen molar-refractivity contribution in [2.24, 2.45) is 7.05 Å². The van der Waals surface area contributed by atoms with Crippen LogP contribution in [0.25, 0.3) is 22.3 Å². The van der Waals surface area contributed by atoms with Crippen LogP contribution in [0.2, 0.25) is 0 Å². The van der Waals surface area contributed by atoms with E-state index in [0.717, 1.165) is 10.9 Å². The van der Waals surface area contributed by atoms with E-state index in [1.807, 2.05) is 0 Å². The maximum Gasteiger partial charge on any atom is 0.309 e. The predicted octanol–water partition coefficient (Wildman–Crippen LogP) is -5.43. The lowest BCUT2D eigenvalue weighted by atomic mass is 10.1. The number of fused-ring (bicyclic) bond motifs is 2. The zero-order valence-corrected chi connectivity index (χ0v) is 26.8. The number of nitrogen functional groups attached to an aromatic ring is 2. The number of phosphoric ester groups is 1. The highest BCUT2D eigenvalue weighted by atomic mass is 32.7. The van der Waals surface area contributed by atoms with Crippen LogP contribution in [0.1, 0.15) is 12.5 Å². The Labute approximate surface area is 270 Å². The number of aromatic nitrogens is 8. The third-order valence-corrected chi connectivity index (χ3v) is 12.3. The number of H-pyrrole nitrogens is 1. The lowest BCUT2D eigenvalue weighted by molar-refractivity contribution is -0.745. The quantitative estimate of drug-likeness (QED) is 0.0590. The van der Waals surface area contributed by atoms with Gasteiger partial charge in [0.15, 0.2) is 36.0 Å². The number of aromatic amines is 1. The van der Waals surface area contributed by atoms with Gasteiger partial charge in [-0.05, 0) is 0 Å². The van der Waals surface area contributed by atoms with Crippen LogP contribution in [0.5, 0.6) is 5.88 Å². The summed E-state index contributed by atoms with van der Waals surface area (Å²) >= 11 is -0.0813. The third-order valence-electron chi connectivity index (χ3n) is 7.41. The van der Waals surface area contributed by atoms with E-state index in [1.165, 1.54) is 22.5 Å². The van der Waals surface area contributed by atoms with E-state index in [4.69, 9.17) is 20.9 Å². The third kappa shape index (κ3) is 6.40. The van der Waals surface area contributed by atoms with Gasteiger partial charge in [0.1, 0.15) is 30.5 Å². The maximum atomic E-state index is 12.5. The molecule has 4 aromatic rings. The summed E-state index contributed by atoms with van der Waals surface area (Å²) in [5.41, 5.74) is 10.1. The van der Waals surface area contributed by atoms with Crippen LogP contribution in [0.3, 0.4) is 0 Å². The molecule has 4 unspecified atom stereocenters. The summed E-state index contributed by atoms with van der Waals surface area (Å²) in [6.07, 6.45) is -10.1. The Hall–Kier alpha value is -3.29. The number of nitrogens with one attached hydrogen (secondary N) is 1. The van der Waals surface area contributed by atoms with Crippen molar-refractivity contribution in [2.75, 3.05) is 23.8 Å². The number of imidazole rings is 2. The van der Waals surface area contributed by atoms with Gasteiger partial charge in [-0.1, -0.05) is 16.4 Å². The number of rotatable bonds is 10. The van der Waals surface area contributed by atoms with Crippen LogP contribution >= 0.6 is 26.0 Å². The van der Waals surface area contributed by atoms with Gasteiger partial charge in [-0.25, -0.2) is 14.5 Å². The maximum absolute atomic E-state index is 12.5. The van der Waals surface area contributed by atoms with Crippen molar-refractivity contribution >= 4 is 60.2 Å². The van der Waals surface area contributed by atoms with Gasteiger partial charge in [0, 0.05) is 11.6 Å². The fourth-order valence-corrected chi connectivity index (χ4v) is 9.67. The summed E-state index contributed by atoms with van der Waals surface area (Å²) in [6.45, 7) is -6.35. The summed E-state index contributed by atoms with van der Waals surface area (Å²) in [5, 5.41) is 54.4. The molecule has 6 rings (SSSR count). The summed E-state index contributed by atoms with van der Waals surface area (Å²) in [6, 6.07) is 0. The molecular formula is C21H26N10O14P2S-2. The highest BCUT2D eigenvalue weighted by Gasteiger charge is 2.48. The van der Waals surface area contributed by atoms with Crippen LogP contribution in [0.4, 0.5) is 11.9 Å². The van der Waals surface area contributed by atoms with Crippen molar-refractivity contribution in [3.05, 3.63) is 23.0 Å². The summed E-state index contributed by atoms with van der Waals surface area (Å²) < 4.78 is 48.6. The van der Waals surface area contributed by atoms with Gasteiger partial charge in [0.25, 0.3) is 19.3 Å². The van der Waals surface area contributed by atoms with Gasteiger partial charge in [0.05, 0.1) is 26.1 Å². The Morgan fingerprint density at radius 3 is 2.52 bits per heavy atom. The van der Waals surface area contributed by atoms with Gasteiger partial charge in [-0.3, -0.25) is 32.4 Å². The second kappa shape index (κ2) is 12.5. The van der Waals surface area contributed by atoms with E-state index in [0.29, 0.717) is 0 Å². The average Bonchev–Trinajstić information content (AvgIpc) is 3.70. The molecule has 0 saturated carbocycles. The number of nitrogens with two attached hydrogens (primary N) is 2. The number of anilines is 2. The highest BCUT2D eigenvalue weighted by molar-refractivity contribution is 8.54. The molecule has 27 heteroatoms. The minimum absolute atomic E-state index is 0.00932. The van der Waals surface area contributed by atoms with Crippen molar-refractivity contribution in [3.8, 4) is 5.88 Å². The van der Waals surface area contributed by atoms with E-state index in [9.17, 15) is 49.2 Å². The normalized spacial score (nSPS) is 30.2. The van der Waals surface area contributed by atoms with E-state index in [1.54, 1.807) is 0 Å². The molecule has 4 aromatic heterocycles. The molecule has 6 heterocycles. The number of nitrogens with zero attached hydrogens (tertiary/aromatic N) is 7. The monoisotopic (exact) mass is 736 g/mol. The van der Waals surface area contributed by atoms with Crippen LogP contribution in [0.15, 0.2) is 17.4 Å². The zero-order chi connectivity index (χ0) is 34.9. The zero-order valence-electron chi connectivity index (χ0n) is 24.1. The first kappa shape index (κ1) is 34.6. The van der Waals surface area contributed by atoms with Crippen LogP contribution in [-0.4, -0.2) is 103 Å². The van der Waals surface area contributed by atoms with Crippen LogP contribution in [-0.2, 0) is 34.5 Å². The minimum atomic E-state index is -5.66. The molecule has 0 amide bonds. The first-order valence-electron chi connectivity index (χ1n) is 13.5. The van der Waals surface area contributed by atoms with Crippen LogP contribution < -0.4 is 36.5 Å². The molecule has 0 aliphatic carbocycles. The Kier molecular flexibility index (Phi) is 9.04. The second-order valence-corrected chi connectivity index (χ2v) is 16.0. The number of hydrogen-bond acceptors (Lipinski definition) is 21. The topological polar surface area (TPSA) is 371 Å². The Morgan fingerprint density at radius 1 is 1.08 bits per heavy atom. The lowest BCUT2D eigenvalue weighted by Gasteiger charge is -2.31. The van der Waals surface area contributed by atoms with Crippen molar-refractivity contribution in [3.63, 3.8) is 0 Å². The fraction of sp³-hybridized carbons (Fsp3) is 0.524. The lowest BCUT2D eigenvalue weighted by Crippen LogP contribution is -2.46. The van der Waals surface area contributed by atoms with Crippen molar-refractivity contribution in [1.29, 1.82) is 0 Å². The molecule has 2 saturated heterocycles. The number of aliphatic hydroxyl groups excluding tert-OH is 4. The molecule has 10 atom stereocenters. The molecule has 0 spiro atoms. The van der Waals surface area contributed by atoms with Gasteiger partial charge in [-0.2, -0.15) is 4.98 Å². The summed E-state index contributed by atoms with van der Waals surface area (Å²) in [7, 11) is -4.18. The van der Waals surface area contributed by atoms with E-state index in [2.05, 4.69) is 33.8 Å². The predicted molar refractivity (Wildman–Crippen MR) is 152 cm³/mol. The smallest absolute Gasteiger partial charge is 0.309 e. The molecule has 24 nitrogen and oxygen atoms in total. The number of ether oxygens (including phenoxy) is 2. The molecule has 2 aliphatic rings. The summed E-state index contributed by atoms with van der Waals surface area (Å²) in [4.78, 5) is 54.6. The van der Waals surface area contributed by atoms with Crippen LogP contribution in [0, 0.1) is 0 Å². The van der Waals surface area contributed by atoms with E-state index in [-0.39, 0.29) is 45.6 Å². The number of aliphatic hydroxyl groups is 4. The van der Waals surface area contributed by atoms with Gasteiger partial charge < -0.3 is 60.8 Å². The van der Waals surface area contributed by atoms with Crippen molar-refractivity contribution in [1.82, 2.24) is 34.1 Å². The molecule has 0 aromatic carbocycles. The van der Waals surface area contributed by atoms with Gasteiger partial charge >= 0.3 is 5.65 Å². The average molecular weight is 737 g/mol. The molecule has 0 bridgehead atoms. The first-order valence-corrected chi connectivity index (χ1v) is 18.1.